The van der Waals surface area contributed by atoms with Crippen LogP contribution in [0.3, 0.4) is 0 Å². The minimum atomic E-state index is 0.387. The lowest BCUT2D eigenvalue weighted by atomic mass is 10.2. The molecule has 1 heterocycles. The van der Waals surface area contributed by atoms with E-state index >= 15 is 0 Å². The molecule has 1 aromatic rings. The molecule has 1 aliphatic carbocycles. The number of hydrogen-bond acceptors (Lipinski definition) is 2. The van der Waals surface area contributed by atoms with Crippen LogP contribution in [0.4, 0.5) is 5.69 Å². The zero-order valence-electron chi connectivity index (χ0n) is 8.78. The SMILES string of the molecule is O=C(CN1CCc2ccccc21)C1CC1. The van der Waals surface area contributed by atoms with Gasteiger partial charge in [0.1, 0.15) is 0 Å². The van der Waals surface area contributed by atoms with Crippen molar-refractivity contribution in [1.29, 1.82) is 0 Å². The Balaban J connectivity index is 1.75. The Morgan fingerprint density at radius 3 is 2.93 bits per heavy atom. The van der Waals surface area contributed by atoms with Crippen LogP contribution in [0.1, 0.15) is 18.4 Å². The largest absolute Gasteiger partial charge is 0.364 e. The van der Waals surface area contributed by atoms with Gasteiger partial charge in [0.15, 0.2) is 5.78 Å². The molecular formula is C13H15NO. The quantitative estimate of drug-likeness (QED) is 0.745. The number of rotatable bonds is 3. The summed E-state index contributed by atoms with van der Waals surface area (Å²) >= 11 is 0. The summed E-state index contributed by atoms with van der Waals surface area (Å²) in [7, 11) is 0. The number of carbonyl (C=O) groups excluding carboxylic acids is 1. The van der Waals surface area contributed by atoms with Crippen molar-refractivity contribution in [3.63, 3.8) is 0 Å². The lowest BCUT2D eigenvalue weighted by Gasteiger charge is -2.18. The molecule has 0 aromatic heterocycles. The van der Waals surface area contributed by atoms with Crippen LogP contribution in [0.5, 0.6) is 0 Å². The van der Waals surface area contributed by atoms with Gasteiger partial charge in [-0.1, -0.05) is 18.2 Å². The van der Waals surface area contributed by atoms with Crippen molar-refractivity contribution >= 4 is 11.5 Å². The minimum Gasteiger partial charge on any atom is -0.364 e. The molecule has 78 valence electrons. The zero-order valence-corrected chi connectivity index (χ0v) is 8.78. The fourth-order valence-corrected chi connectivity index (χ4v) is 2.29. The van der Waals surface area contributed by atoms with Gasteiger partial charge in [0.25, 0.3) is 0 Å². The van der Waals surface area contributed by atoms with Crippen molar-refractivity contribution in [2.24, 2.45) is 5.92 Å². The van der Waals surface area contributed by atoms with Gasteiger partial charge in [0.05, 0.1) is 6.54 Å². The van der Waals surface area contributed by atoms with Crippen LogP contribution in [0, 0.1) is 5.92 Å². The van der Waals surface area contributed by atoms with E-state index in [0.717, 1.165) is 25.8 Å². The van der Waals surface area contributed by atoms with Crippen LogP contribution < -0.4 is 4.90 Å². The highest BCUT2D eigenvalue weighted by Crippen LogP contribution is 2.32. The smallest absolute Gasteiger partial charge is 0.155 e. The van der Waals surface area contributed by atoms with Gasteiger partial charge in [-0.15, -0.1) is 0 Å². The molecule has 0 radical (unpaired) electrons. The molecule has 3 rings (SSSR count). The van der Waals surface area contributed by atoms with Crippen LogP contribution in [-0.2, 0) is 11.2 Å². The number of carbonyl (C=O) groups is 1. The predicted molar refractivity (Wildman–Crippen MR) is 60.1 cm³/mol. The van der Waals surface area contributed by atoms with Gasteiger partial charge in [-0.25, -0.2) is 0 Å². The third kappa shape index (κ3) is 1.65. The molecular weight excluding hydrogens is 186 g/mol. The monoisotopic (exact) mass is 201 g/mol. The lowest BCUT2D eigenvalue weighted by molar-refractivity contribution is -0.118. The molecule has 2 heteroatoms. The van der Waals surface area contributed by atoms with Crippen molar-refractivity contribution in [2.75, 3.05) is 18.0 Å². The highest BCUT2D eigenvalue weighted by Gasteiger charge is 2.31. The average molecular weight is 201 g/mol. The number of fused-ring (bicyclic) bond motifs is 1. The maximum Gasteiger partial charge on any atom is 0.155 e. The maximum absolute atomic E-state index is 11.7. The Hall–Kier alpha value is -1.31. The molecule has 0 amide bonds. The van der Waals surface area contributed by atoms with Gasteiger partial charge in [-0.2, -0.15) is 0 Å². The predicted octanol–water partition coefficient (Wildman–Crippen LogP) is 2.03. The van der Waals surface area contributed by atoms with Crippen LogP contribution in [0.2, 0.25) is 0 Å². The molecule has 2 nitrogen and oxygen atoms in total. The second-order valence-electron chi connectivity index (χ2n) is 4.54. The third-order valence-corrected chi connectivity index (χ3v) is 3.36. The average Bonchev–Trinajstić information content (AvgIpc) is 3.03. The van der Waals surface area contributed by atoms with E-state index < -0.39 is 0 Å². The van der Waals surface area contributed by atoms with Crippen molar-refractivity contribution in [1.82, 2.24) is 0 Å². The Morgan fingerprint density at radius 2 is 2.13 bits per heavy atom. The van der Waals surface area contributed by atoms with E-state index in [0.29, 0.717) is 18.2 Å². The topological polar surface area (TPSA) is 20.3 Å². The molecule has 0 atom stereocenters. The van der Waals surface area contributed by atoms with Crippen molar-refractivity contribution in [3.8, 4) is 0 Å². The molecule has 1 aromatic carbocycles. The molecule has 1 saturated carbocycles. The lowest BCUT2D eigenvalue weighted by Crippen LogP contribution is -2.28. The molecule has 1 aliphatic heterocycles. The van der Waals surface area contributed by atoms with Crippen LogP contribution >= 0.6 is 0 Å². The Kier molecular flexibility index (Phi) is 2.01. The summed E-state index contributed by atoms with van der Waals surface area (Å²) < 4.78 is 0. The Labute approximate surface area is 89.9 Å². The molecule has 0 N–H and O–H groups in total. The number of nitrogens with zero attached hydrogens (tertiary/aromatic N) is 1. The number of hydrogen-bond donors (Lipinski definition) is 0. The number of Topliss-reactive ketones (excluding diaryl/α,β-unsaturated/α-hetero) is 1. The number of para-hydroxylation sites is 1. The summed E-state index contributed by atoms with van der Waals surface area (Å²) in [5.41, 5.74) is 2.66. The van der Waals surface area contributed by atoms with Gasteiger partial charge in [0.2, 0.25) is 0 Å². The normalized spacial score (nSPS) is 19.1. The van der Waals surface area contributed by atoms with Crippen LogP contribution in [0.15, 0.2) is 24.3 Å². The molecule has 0 bridgehead atoms. The van der Waals surface area contributed by atoms with Crippen LogP contribution in [0.25, 0.3) is 0 Å². The van der Waals surface area contributed by atoms with E-state index in [4.69, 9.17) is 0 Å². The zero-order chi connectivity index (χ0) is 10.3. The number of ketones is 1. The third-order valence-electron chi connectivity index (χ3n) is 3.36. The first-order valence-electron chi connectivity index (χ1n) is 5.70. The fourth-order valence-electron chi connectivity index (χ4n) is 2.29. The van der Waals surface area contributed by atoms with E-state index in [2.05, 4.69) is 29.2 Å². The Bertz CT molecular complexity index is 395. The van der Waals surface area contributed by atoms with Crippen molar-refractivity contribution in [3.05, 3.63) is 29.8 Å². The molecule has 15 heavy (non-hydrogen) atoms. The van der Waals surface area contributed by atoms with E-state index in [1.807, 2.05) is 0 Å². The second-order valence-corrected chi connectivity index (χ2v) is 4.54. The van der Waals surface area contributed by atoms with Crippen molar-refractivity contribution < 1.29 is 4.79 Å². The van der Waals surface area contributed by atoms with Crippen LogP contribution in [-0.4, -0.2) is 18.9 Å². The first-order chi connectivity index (χ1) is 7.34. The first kappa shape index (κ1) is 8.96. The van der Waals surface area contributed by atoms with E-state index in [9.17, 15) is 4.79 Å². The Morgan fingerprint density at radius 1 is 1.33 bits per heavy atom. The standard InChI is InChI=1S/C13H15NO/c15-13(11-5-6-11)9-14-8-7-10-3-1-2-4-12(10)14/h1-4,11H,5-9H2. The van der Waals surface area contributed by atoms with E-state index in [1.165, 1.54) is 11.3 Å². The summed E-state index contributed by atoms with van der Waals surface area (Å²) in [6, 6.07) is 8.42. The second kappa shape index (κ2) is 3.37. The van der Waals surface area contributed by atoms with Gasteiger partial charge >= 0.3 is 0 Å². The van der Waals surface area contributed by atoms with Gasteiger partial charge < -0.3 is 4.90 Å². The summed E-state index contributed by atoms with van der Waals surface area (Å²) in [5, 5.41) is 0. The van der Waals surface area contributed by atoms with Gasteiger partial charge in [-0.3, -0.25) is 4.79 Å². The summed E-state index contributed by atoms with van der Waals surface area (Å²) in [5.74, 6) is 0.824. The van der Waals surface area contributed by atoms with Gasteiger partial charge in [-0.05, 0) is 30.9 Å². The molecule has 0 unspecified atom stereocenters. The fraction of sp³-hybridized carbons (Fsp3) is 0.462. The maximum atomic E-state index is 11.7. The molecule has 1 fully saturated rings. The first-order valence-corrected chi connectivity index (χ1v) is 5.70. The highest BCUT2D eigenvalue weighted by atomic mass is 16.1. The van der Waals surface area contributed by atoms with Gasteiger partial charge in [0, 0.05) is 18.2 Å². The summed E-state index contributed by atoms with van der Waals surface area (Å²) in [6.45, 7) is 1.64. The van der Waals surface area contributed by atoms with Crippen molar-refractivity contribution in [2.45, 2.75) is 19.3 Å². The highest BCUT2D eigenvalue weighted by molar-refractivity contribution is 5.88. The van der Waals surface area contributed by atoms with E-state index in [-0.39, 0.29) is 0 Å². The summed E-state index contributed by atoms with van der Waals surface area (Å²) in [6.07, 6.45) is 3.33. The number of benzene rings is 1. The number of anilines is 1. The molecule has 2 aliphatic rings. The molecule has 0 spiro atoms. The summed E-state index contributed by atoms with van der Waals surface area (Å²) in [4.78, 5) is 14.0. The van der Waals surface area contributed by atoms with E-state index in [1.54, 1.807) is 0 Å². The minimum absolute atomic E-state index is 0.387. The molecule has 0 saturated heterocycles.